The van der Waals surface area contributed by atoms with Crippen LogP contribution in [0, 0.1) is 11.8 Å². The SMILES string of the molecule is CC(C)[C@@H](NS(=O)C(C)(C)C)c1cnn2cc([C@@H](NC(=O)OC(C)(C)C)C3CCC(F)(F)CC3)nc2c1. The minimum atomic E-state index is -2.69. The zero-order chi connectivity index (χ0) is 27.8. The van der Waals surface area contributed by atoms with E-state index in [4.69, 9.17) is 9.72 Å². The predicted molar refractivity (Wildman–Crippen MR) is 141 cm³/mol. The molecule has 0 spiro atoms. The number of fused-ring (bicyclic) bond motifs is 1. The molecule has 208 valence electrons. The molecule has 2 aromatic rings. The standard InChI is InChI=1S/C26H41F2N5O3S/c1-16(2)21(32-37(35)25(6,7)8)18-13-20-30-19(15-33(20)29-14-18)22(31-23(34)36-24(3,4)5)17-9-11-26(27,28)12-10-17/h13-17,21-22,32H,9-12H2,1-8H3,(H,31,34)/t21-,22+,37?/m1/s1. The van der Waals surface area contributed by atoms with Gasteiger partial charge in [0.25, 0.3) is 0 Å². The molecule has 2 heterocycles. The molecule has 2 N–H and O–H groups in total. The minimum Gasteiger partial charge on any atom is -0.444 e. The summed E-state index contributed by atoms with van der Waals surface area (Å²) in [5.74, 6) is -2.76. The number of nitrogens with zero attached hydrogens (tertiary/aromatic N) is 3. The number of hydrogen-bond acceptors (Lipinski definition) is 5. The second-order valence-corrected chi connectivity index (χ2v) is 14.3. The monoisotopic (exact) mass is 541 g/mol. The highest BCUT2D eigenvalue weighted by Gasteiger charge is 2.40. The van der Waals surface area contributed by atoms with E-state index in [0.29, 0.717) is 11.3 Å². The summed E-state index contributed by atoms with van der Waals surface area (Å²) in [6.45, 7) is 15.1. The molecule has 3 rings (SSSR count). The summed E-state index contributed by atoms with van der Waals surface area (Å²) >= 11 is 0. The maximum Gasteiger partial charge on any atom is 0.408 e. The van der Waals surface area contributed by atoms with Crippen LogP contribution >= 0.6 is 0 Å². The van der Waals surface area contributed by atoms with E-state index >= 15 is 0 Å². The van der Waals surface area contributed by atoms with Crippen molar-refractivity contribution in [3.8, 4) is 0 Å². The van der Waals surface area contributed by atoms with Gasteiger partial charge >= 0.3 is 6.09 Å². The number of carbonyl (C=O) groups is 1. The van der Waals surface area contributed by atoms with Crippen LogP contribution in [0.1, 0.15) is 104 Å². The molecule has 0 aromatic carbocycles. The zero-order valence-corrected chi connectivity index (χ0v) is 23.9. The molecule has 8 nitrogen and oxygen atoms in total. The number of imidazole rings is 1. The van der Waals surface area contributed by atoms with Crippen LogP contribution in [0.15, 0.2) is 18.5 Å². The second-order valence-electron chi connectivity index (χ2n) is 12.3. The fourth-order valence-corrected chi connectivity index (χ4v) is 5.37. The summed E-state index contributed by atoms with van der Waals surface area (Å²) in [7, 11) is -1.28. The van der Waals surface area contributed by atoms with Crippen molar-refractivity contribution in [3.05, 3.63) is 29.7 Å². The second kappa shape index (κ2) is 10.9. The van der Waals surface area contributed by atoms with Gasteiger partial charge in [-0.15, -0.1) is 0 Å². The van der Waals surface area contributed by atoms with Gasteiger partial charge in [0.2, 0.25) is 5.92 Å². The van der Waals surface area contributed by atoms with Crippen LogP contribution < -0.4 is 10.0 Å². The third kappa shape index (κ3) is 7.92. The molecule has 37 heavy (non-hydrogen) atoms. The highest BCUT2D eigenvalue weighted by Crippen LogP contribution is 2.41. The van der Waals surface area contributed by atoms with Crippen LogP contribution in [0.25, 0.3) is 5.65 Å². The first-order chi connectivity index (χ1) is 16.9. The normalized spacial score (nSPS) is 19.5. The third-order valence-electron chi connectivity index (χ3n) is 6.40. The summed E-state index contributed by atoms with van der Waals surface area (Å²) in [6.07, 6.45) is 2.89. The summed E-state index contributed by atoms with van der Waals surface area (Å²) in [5.41, 5.74) is 1.23. The summed E-state index contributed by atoms with van der Waals surface area (Å²) < 4.78 is 50.4. The molecule has 1 unspecified atom stereocenters. The van der Waals surface area contributed by atoms with Gasteiger partial charge in [0.15, 0.2) is 5.65 Å². The van der Waals surface area contributed by atoms with Gasteiger partial charge in [-0.1, -0.05) is 13.8 Å². The Morgan fingerprint density at radius 1 is 1.19 bits per heavy atom. The van der Waals surface area contributed by atoms with E-state index in [1.807, 2.05) is 40.7 Å². The quantitative estimate of drug-likeness (QED) is 0.457. The van der Waals surface area contributed by atoms with Gasteiger partial charge in [0.05, 0.1) is 39.9 Å². The van der Waals surface area contributed by atoms with Gasteiger partial charge < -0.3 is 10.1 Å². The first-order valence-electron chi connectivity index (χ1n) is 12.9. The molecule has 1 fully saturated rings. The number of alkyl carbamates (subject to hydrolysis) is 1. The topological polar surface area (TPSA) is 97.6 Å². The summed E-state index contributed by atoms with van der Waals surface area (Å²) in [5, 5.41) is 7.40. The Kier molecular flexibility index (Phi) is 8.68. The highest BCUT2D eigenvalue weighted by atomic mass is 32.2. The number of carbonyl (C=O) groups excluding carboxylic acids is 1. The number of alkyl halides is 2. The van der Waals surface area contributed by atoms with Gasteiger partial charge in [-0.3, -0.25) is 0 Å². The van der Waals surface area contributed by atoms with Crippen molar-refractivity contribution in [1.29, 1.82) is 0 Å². The molecule has 1 aliphatic carbocycles. The van der Waals surface area contributed by atoms with Gasteiger partial charge in [-0.25, -0.2) is 32.0 Å². The van der Waals surface area contributed by atoms with E-state index in [0.717, 1.165) is 5.56 Å². The van der Waals surface area contributed by atoms with Gasteiger partial charge in [-0.05, 0) is 77.8 Å². The number of aromatic nitrogens is 3. The predicted octanol–water partition coefficient (Wildman–Crippen LogP) is 5.87. The minimum absolute atomic E-state index is 0.135. The van der Waals surface area contributed by atoms with Crippen LogP contribution in [0.2, 0.25) is 0 Å². The number of rotatable bonds is 7. The first kappa shape index (κ1) is 29.4. The largest absolute Gasteiger partial charge is 0.444 e. The number of hydrogen-bond donors (Lipinski definition) is 2. The van der Waals surface area contributed by atoms with E-state index in [2.05, 4.69) is 15.1 Å². The van der Waals surface area contributed by atoms with Crippen LogP contribution in [-0.4, -0.2) is 41.2 Å². The molecule has 0 saturated heterocycles. The van der Waals surface area contributed by atoms with Crippen molar-refractivity contribution >= 4 is 22.7 Å². The van der Waals surface area contributed by atoms with Gasteiger partial charge in [0.1, 0.15) is 5.60 Å². The Balaban J connectivity index is 1.93. The van der Waals surface area contributed by atoms with Crippen LogP contribution in [0.4, 0.5) is 13.6 Å². The van der Waals surface area contributed by atoms with E-state index in [1.165, 1.54) is 0 Å². The van der Waals surface area contributed by atoms with Crippen molar-refractivity contribution in [2.24, 2.45) is 11.8 Å². The molecule has 11 heteroatoms. The molecular formula is C26H41F2N5O3S. The number of nitrogens with one attached hydrogen (secondary N) is 2. The summed E-state index contributed by atoms with van der Waals surface area (Å²) in [4.78, 5) is 17.4. The van der Waals surface area contributed by atoms with Crippen molar-refractivity contribution in [2.75, 3.05) is 0 Å². The van der Waals surface area contributed by atoms with Crippen molar-refractivity contribution in [2.45, 2.75) is 109 Å². The van der Waals surface area contributed by atoms with E-state index < -0.39 is 39.4 Å². The van der Waals surface area contributed by atoms with Crippen LogP contribution in [0.5, 0.6) is 0 Å². The lowest BCUT2D eigenvalue weighted by atomic mass is 9.81. The van der Waals surface area contributed by atoms with Gasteiger partial charge in [0, 0.05) is 18.9 Å². The van der Waals surface area contributed by atoms with Crippen LogP contribution in [0.3, 0.4) is 0 Å². The lowest BCUT2D eigenvalue weighted by Gasteiger charge is -2.33. The molecular weight excluding hydrogens is 500 g/mol. The number of halogens is 2. The molecule has 0 bridgehead atoms. The number of amides is 1. The van der Waals surface area contributed by atoms with Crippen LogP contribution in [-0.2, 0) is 15.7 Å². The summed E-state index contributed by atoms with van der Waals surface area (Å²) in [6, 6.07) is 1.07. The molecule has 0 aliphatic heterocycles. The number of ether oxygens (including phenoxy) is 1. The van der Waals surface area contributed by atoms with Crippen molar-refractivity contribution < 1.29 is 22.5 Å². The fraction of sp³-hybridized carbons (Fsp3) is 0.731. The zero-order valence-electron chi connectivity index (χ0n) is 23.1. The molecule has 2 aromatic heterocycles. The molecule has 1 amide bonds. The van der Waals surface area contributed by atoms with Crippen molar-refractivity contribution in [1.82, 2.24) is 24.6 Å². The van der Waals surface area contributed by atoms with E-state index in [9.17, 15) is 17.8 Å². The molecule has 1 aliphatic rings. The maximum absolute atomic E-state index is 13.9. The van der Waals surface area contributed by atoms with Gasteiger partial charge in [-0.2, -0.15) is 5.10 Å². The first-order valence-corrected chi connectivity index (χ1v) is 14.0. The molecule has 1 saturated carbocycles. The van der Waals surface area contributed by atoms with E-state index in [1.54, 1.807) is 37.7 Å². The Morgan fingerprint density at radius 3 is 2.35 bits per heavy atom. The molecule has 3 atom stereocenters. The highest BCUT2D eigenvalue weighted by molar-refractivity contribution is 7.84. The Morgan fingerprint density at radius 2 is 1.81 bits per heavy atom. The lowest BCUT2D eigenvalue weighted by molar-refractivity contribution is -0.0500. The van der Waals surface area contributed by atoms with E-state index in [-0.39, 0.29) is 43.6 Å². The smallest absolute Gasteiger partial charge is 0.408 e. The maximum atomic E-state index is 13.9. The average molecular weight is 542 g/mol. The molecule has 0 radical (unpaired) electrons. The fourth-order valence-electron chi connectivity index (χ4n) is 4.37. The Hall–Kier alpha value is -2.14. The Labute approximate surface area is 220 Å². The lowest BCUT2D eigenvalue weighted by Crippen LogP contribution is -2.40. The average Bonchev–Trinajstić information content (AvgIpc) is 3.16. The Bertz CT molecular complexity index is 1110. The van der Waals surface area contributed by atoms with Crippen molar-refractivity contribution in [3.63, 3.8) is 0 Å². The third-order valence-corrected chi connectivity index (χ3v) is 7.98.